The summed E-state index contributed by atoms with van der Waals surface area (Å²) >= 11 is 0. The molecule has 0 radical (unpaired) electrons. The van der Waals surface area contributed by atoms with Crippen molar-refractivity contribution in [1.82, 2.24) is 10.2 Å². The second-order valence-corrected chi connectivity index (χ2v) is 3.63. The van der Waals surface area contributed by atoms with Crippen LogP contribution in [0.2, 0.25) is 0 Å². The van der Waals surface area contributed by atoms with Gasteiger partial charge in [0, 0.05) is 33.2 Å². The highest BCUT2D eigenvalue weighted by atomic mass is 16.5. The predicted octanol–water partition coefficient (Wildman–Crippen LogP) is -0.383. The molecule has 5 heteroatoms. The second kappa shape index (κ2) is 5.70. The molecule has 0 aromatic rings. The van der Waals surface area contributed by atoms with Gasteiger partial charge >= 0.3 is 0 Å². The zero-order chi connectivity index (χ0) is 11.3. The minimum atomic E-state index is -0.186. The van der Waals surface area contributed by atoms with Crippen LogP contribution < -0.4 is 5.32 Å². The number of hydrogen-bond acceptors (Lipinski definition) is 3. The molecule has 0 bridgehead atoms. The van der Waals surface area contributed by atoms with E-state index in [9.17, 15) is 9.59 Å². The van der Waals surface area contributed by atoms with Crippen LogP contribution in [-0.2, 0) is 14.3 Å². The van der Waals surface area contributed by atoms with Gasteiger partial charge in [0.1, 0.15) is 0 Å². The first kappa shape index (κ1) is 12.0. The molecule has 1 saturated heterocycles. The number of likely N-dealkylation sites (tertiary alicyclic amines) is 1. The maximum Gasteiger partial charge on any atom is 0.225 e. The summed E-state index contributed by atoms with van der Waals surface area (Å²) in [6, 6.07) is 0. The van der Waals surface area contributed by atoms with Crippen LogP contribution in [0.4, 0.5) is 0 Å². The second-order valence-electron chi connectivity index (χ2n) is 3.63. The van der Waals surface area contributed by atoms with Gasteiger partial charge in [-0.25, -0.2) is 0 Å². The zero-order valence-corrected chi connectivity index (χ0v) is 9.28. The van der Waals surface area contributed by atoms with Crippen molar-refractivity contribution in [3.05, 3.63) is 0 Å². The van der Waals surface area contributed by atoms with Crippen molar-refractivity contribution in [3.63, 3.8) is 0 Å². The van der Waals surface area contributed by atoms with Crippen LogP contribution in [0.1, 0.15) is 13.3 Å². The van der Waals surface area contributed by atoms with Gasteiger partial charge < -0.3 is 15.0 Å². The molecule has 1 aliphatic heterocycles. The molecule has 5 nitrogen and oxygen atoms in total. The van der Waals surface area contributed by atoms with Crippen molar-refractivity contribution in [2.75, 3.05) is 33.4 Å². The van der Waals surface area contributed by atoms with Gasteiger partial charge in [-0.2, -0.15) is 0 Å². The van der Waals surface area contributed by atoms with Gasteiger partial charge in [0.05, 0.1) is 12.5 Å². The van der Waals surface area contributed by atoms with E-state index in [1.807, 2.05) is 6.92 Å². The largest absolute Gasteiger partial charge is 0.383 e. The molecule has 2 amide bonds. The molecule has 1 aliphatic rings. The van der Waals surface area contributed by atoms with Crippen molar-refractivity contribution in [2.24, 2.45) is 5.92 Å². The Morgan fingerprint density at radius 3 is 3.00 bits per heavy atom. The van der Waals surface area contributed by atoms with Crippen molar-refractivity contribution in [2.45, 2.75) is 13.3 Å². The Balaban J connectivity index is 2.41. The fourth-order valence-electron chi connectivity index (χ4n) is 1.68. The average Bonchev–Trinajstić information content (AvgIpc) is 2.57. The third kappa shape index (κ3) is 3.20. The SMILES string of the molecule is CCNC(=O)C1CC(=O)N(CCOC)C1. The predicted molar refractivity (Wildman–Crippen MR) is 55.2 cm³/mol. The van der Waals surface area contributed by atoms with Crippen LogP contribution in [0.15, 0.2) is 0 Å². The van der Waals surface area contributed by atoms with E-state index >= 15 is 0 Å². The van der Waals surface area contributed by atoms with Crippen LogP contribution in [0, 0.1) is 5.92 Å². The summed E-state index contributed by atoms with van der Waals surface area (Å²) < 4.78 is 4.90. The lowest BCUT2D eigenvalue weighted by molar-refractivity contribution is -0.129. The Bertz CT molecular complexity index is 243. The fraction of sp³-hybridized carbons (Fsp3) is 0.800. The van der Waals surface area contributed by atoms with Crippen LogP contribution >= 0.6 is 0 Å². The van der Waals surface area contributed by atoms with E-state index in [1.54, 1.807) is 12.0 Å². The highest BCUT2D eigenvalue weighted by Gasteiger charge is 2.33. The summed E-state index contributed by atoms with van der Waals surface area (Å²) in [5.74, 6) is -0.164. The molecular formula is C10H18N2O3. The first-order valence-corrected chi connectivity index (χ1v) is 5.23. The molecule has 0 spiro atoms. The number of rotatable bonds is 5. The van der Waals surface area contributed by atoms with Gasteiger partial charge in [0.2, 0.25) is 11.8 Å². The van der Waals surface area contributed by atoms with Crippen LogP contribution in [0.5, 0.6) is 0 Å². The molecule has 0 aromatic heterocycles. The van der Waals surface area contributed by atoms with Crippen molar-refractivity contribution >= 4 is 11.8 Å². The van der Waals surface area contributed by atoms with E-state index < -0.39 is 0 Å². The average molecular weight is 214 g/mol. The molecule has 0 aliphatic carbocycles. The Kier molecular flexibility index (Phi) is 4.55. The standard InChI is InChI=1S/C10H18N2O3/c1-3-11-10(14)8-6-9(13)12(7-8)4-5-15-2/h8H,3-7H2,1-2H3,(H,11,14). The Morgan fingerprint density at radius 2 is 2.40 bits per heavy atom. The smallest absolute Gasteiger partial charge is 0.225 e. The molecule has 1 N–H and O–H groups in total. The number of nitrogens with one attached hydrogen (secondary N) is 1. The summed E-state index contributed by atoms with van der Waals surface area (Å²) in [5, 5.41) is 2.74. The fourth-order valence-corrected chi connectivity index (χ4v) is 1.68. The van der Waals surface area contributed by atoms with E-state index in [0.717, 1.165) is 0 Å². The van der Waals surface area contributed by atoms with E-state index in [2.05, 4.69) is 5.32 Å². The summed E-state index contributed by atoms with van der Waals surface area (Å²) in [6.45, 7) is 4.10. The molecule has 1 rings (SSSR count). The highest BCUT2D eigenvalue weighted by molar-refractivity contribution is 5.89. The van der Waals surface area contributed by atoms with Gasteiger partial charge in [-0.3, -0.25) is 9.59 Å². The Labute approximate surface area is 89.8 Å². The van der Waals surface area contributed by atoms with Crippen LogP contribution in [0.25, 0.3) is 0 Å². The summed E-state index contributed by atoms with van der Waals surface area (Å²) in [5.41, 5.74) is 0. The maximum absolute atomic E-state index is 11.5. The first-order valence-electron chi connectivity index (χ1n) is 5.23. The number of nitrogens with zero attached hydrogens (tertiary/aromatic N) is 1. The minimum Gasteiger partial charge on any atom is -0.383 e. The van der Waals surface area contributed by atoms with Gasteiger partial charge in [-0.15, -0.1) is 0 Å². The van der Waals surface area contributed by atoms with E-state index in [4.69, 9.17) is 4.74 Å². The summed E-state index contributed by atoms with van der Waals surface area (Å²) in [4.78, 5) is 24.7. The van der Waals surface area contributed by atoms with Crippen LogP contribution in [-0.4, -0.2) is 50.1 Å². The van der Waals surface area contributed by atoms with Crippen molar-refractivity contribution < 1.29 is 14.3 Å². The lowest BCUT2D eigenvalue weighted by Gasteiger charge is -2.15. The molecule has 0 saturated carbocycles. The quantitative estimate of drug-likeness (QED) is 0.678. The topological polar surface area (TPSA) is 58.6 Å². The number of carbonyl (C=O) groups is 2. The van der Waals surface area contributed by atoms with E-state index in [0.29, 0.717) is 32.7 Å². The minimum absolute atomic E-state index is 0.0224. The third-order valence-corrected chi connectivity index (χ3v) is 2.50. The monoisotopic (exact) mass is 214 g/mol. The van der Waals surface area contributed by atoms with Crippen molar-refractivity contribution in [1.29, 1.82) is 0 Å². The van der Waals surface area contributed by atoms with Gasteiger partial charge in [-0.1, -0.05) is 0 Å². The van der Waals surface area contributed by atoms with Gasteiger partial charge in [-0.05, 0) is 6.92 Å². The summed E-state index contributed by atoms with van der Waals surface area (Å²) in [6.07, 6.45) is 0.329. The number of carbonyl (C=O) groups excluding carboxylic acids is 2. The van der Waals surface area contributed by atoms with Gasteiger partial charge in [0.25, 0.3) is 0 Å². The molecular weight excluding hydrogens is 196 g/mol. The van der Waals surface area contributed by atoms with Crippen molar-refractivity contribution in [3.8, 4) is 0 Å². The number of amides is 2. The zero-order valence-electron chi connectivity index (χ0n) is 9.28. The third-order valence-electron chi connectivity index (χ3n) is 2.50. The number of hydrogen-bond donors (Lipinski definition) is 1. The highest BCUT2D eigenvalue weighted by Crippen LogP contribution is 2.17. The lowest BCUT2D eigenvalue weighted by atomic mass is 10.1. The van der Waals surface area contributed by atoms with E-state index in [-0.39, 0.29) is 17.7 Å². The number of methoxy groups -OCH3 is 1. The molecule has 15 heavy (non-hydrogen) atoms. The number of ether oxygens (including phenoxy) is 1. The Hall–Kier alpha value is -1.10. The van der Waals surface area contributed by atoms with Gasteiger partial charge in [0.15, 0.2) is 0 Å². The molecule has 0 aromatic carbocycles. The normalized spacial score (nSPS) is 20.8. The maximum atomic E-state index is 11.5. The molecule has 1 fully saturated rings. The molecule has 1 heterocycles. The van der Waals surface area contributed by atoms with E-state index in [1.165, 1.54) is 0 Å². The lowest BCUT2D eigenvalue weighted by Crippen LogP contribution is -2.33. The summed E-state index contributed by atoms with van der Waals surface area (Å²) in [7, 11) is 1.60. The Morgan fingerprint density at radius 1 is 1.67 bits per heavy atom. The molecule has 86 valence electrons. The molecule has 1 atom stereocenters. The van der Waals surface area contributed by atoms with Crippen LogP contribution in [0.3, 0.4) is 0 Å². The molecule has 1 unspecified atom stereocenters. The first-order chi connectivity index (χ1) is 7.19.